The van der Waals surface area contributed by atoms with Crippen LogP contribution in [-0.2, 0) is 0 Å². The lowest BCUT2D eigenvalue weighted by molar-refractivity contribution is 0.197. The number of halogens is 1. The van der Waals surface area contributed by atoms with Crippen molar-refractivity contribution in [3.63, 3.8) is 0 Å². The molecule has 0 aliphatic carbocycles. The lowest BCUT2D eigenvalue weighted by Crippen LogP contribution is -2.46. The van der Waals surface area contributed by atoms with Crippen molar-refractivity contribution in [2.45, 2.75) is 18.9 Å². The van der Waals surface area contributed by atoms with Crippen LogP contribution in [0.5, 0.6) is 0 Å². The molecule has 0 bridgehead atoms. The number of rotatable bonds is 3. The molecule has 0 radical (unpaired) electrons. The Labute approximate surface area is 154 Å². The number of carbonyl (C=O) groups is 1. The first-order valence-electron chi connectivity index (χ1n) is 8.32. The highest BCUT2D eigenvalue weighted by molar-refractivity contribution is 6.31. The first-order valence-corrected chi connectivity index (χ1v) is 8.70. The summed E-state index contributed by atoms with van der Waals surface area (Å²) in [5, 5.41) is 21.2. The van der Waals surface area contributed by atoms with Crippen LogP contribution >= 0.6 is 11.6 Å². The molecule has 1 amide bonds. The maximum atomic E-state index is 12.1. The second kappa shape index (κ2) is 6.89. The molecular weight excluding hydrogens is 356 g/mol. The van der Waals surface area contributed by atoms with E-state index in [1.165, 1.54) is 11.2 Å². The fourth-order valence-electron chi connectivity index (χ4n) is 3.41. The van der Waals surface area contributed by atoms with Crippen molar-refractivity contribution in [1.29, 1.82) is 0 Å². The number of aromatic nitrogens is 4. The molecule has 26 heavy (non-hydrogen) atoms. The van der Waals surface area contributed by atoms with Crippen LogP contribution < -0.4 is 10.2 Å². The quantitative estimate of drug-likeness (QED) is 0.652. The van der Waals surface area contributed by atoms with Gasteiger partial charge in [0.15, 0.2) is 5.65 Å². The SMILES string of the molecule is O=C(O)N(c1ccc(Cl)cc1-c1ncnc2[nH]ncc12)C1CCNCC1. The van der Waals surface area contributed by atoms with Crippen LogP contribution in [0.4, 0.5) is 10.5 Å². The molecule has 1 aliphatic rings. The van der Waals surface area contributed by atoms with Gasteiger partial charge in [-0.05, 0) is 44.1 Å². The van der Waals surface area contributed by atoms with Gasteiger partial charge in [-0.1, -0.05) is 11.6 Å². The molecule has 1 saturated heterocycles. The fourth-order valence-corrected chi connectivity index (χ4v) is 3.58. The summed E-state index contributed by atoms with van der Waals surface area (Å²) in [6.07, 6.45) is 3.57. The summed E-state index contributed by atoms with van der Waals surface area (Å²) in [7, 11) is 0. The van der Waals surface area contributed by atoms with Crippen molar-refractivity contribution < 1.29 is 9.90 Å². The van der Waals surface area contributed by atoms with Gasteiger partial charge in [0.25, 0.3) is 0 Å². The van der Waals surface area contributed by atoms with Gasteiger partial charge in [-0.3, -0.25) is 10.00 Å². The summed E-state index contributed by atoms with van der Waals surface area (Å²) < 4.78 is 0. The number of nitrogens with zero attached hydrogens (tertiary/aromatic N) is 4. The third kappa shape index (κ3) is 2.97. The van der Waals surface area contributed by atoms with Crippen LogP contribution in [0.2, 0.25) is 5.02 Å². The number of fused-ring (bicyclic) bond motifs is 1. The standard InChI is InChI=1S/C17H17ClN6O2/c18-10-1-2-14(24(17(25)26)11-3-5-19-6-4-11)12(7-10)15-13-8-22-23-16(13)21-9-20-15/h1-2,7-9,11,19H,3-6H2,(H,25,26)(H,20,21,22,23). The molecule has 0 atom stereocenters. The second-order valence-electron chi connectivity index (χ2n) is 6.15. The van der Waals surface area contributed by atoms with Crippen molar-refractivity contribution >= 4 is 34.4 Å². The van der Waals surface area contributed by atoms with Gasteiger partial charge >= 0.3 is 6.09 Å². The normalized spacial score (nSPS) is 15.3. The topological polar surface area (TPSA) is 107 Å². The molecule has 4 rings (SSSR count). The highest BCUT2D eigenvalue weighted by atomic mass is 35.5. The monoisotopic (exact) mass is 372 g/mol. The summed E-state index contributed by atoms with van der Waals surface area (Å²) in [5.74, 6) is 0. The summed E-state index contributed by atoms with van der Waals surface area (Å²) in [6.45, 7) is 1.58. The van der Waals surface area contributed by atoms with E-state index in [-0.39, 0.29) is 6.04 Å². The van der Waals surface area contributed by atoms with Gasteiger partial charge < -0.3 is 10.4 Å². The van der Waals surface area contributed by atoms with Crippen LogP contribution in [0, 0.1) is 0 Å². The highest BCUT2D eigenvalue weighted by Gasteiger charge is 2.29. The Hall–Kier alpha value is -2.71. The van der Waals surface area contributed by atoms with E-state index in [4.69, 9.17) is 11.6 Å². The predicted molar refractivity (Wildman–Crippen MR) is 98.5 cm³/mol. The van der Waals surface area contributed by atoms with E-state index in [2.05, 4.69) is 25.5 Å². The van der Waals surface area contributed by atoms with Crippen LogP contribution in [0.3, 0.4) is 0 Å². The Morgan fingerprint density at radius 1 is 1.27 bits per heavy atom. The molecule has 3 heterocycles. The molecule has 1 aliphatic heterocycles. The molecule has 134 valence electrons. The van der Waals surface area contributed by atoms with Crippen molar-refractivity contribution in [3.8, 4) is 11.3 Å². The number of hydrogen-bond donors (Lipinski definition) is 3. The van der Waals surface area contributed by atoms with Gasteiger partial charge in [0.2, 0.25) is 0 Å². The Kier molecular flexibility index (Phi) is 4.44. The number of piperidine rings is 1. The first kappa shape index (κ1) is 16.7. The lowest BCUT2D eigenvalue weighted by Gasteiger charge is -2.33. The highest BCUT2D eigenvalue weighted by Crippen LogP contribution is 2.37. The molecular formula is C17H17ClN6O2. The average molecular weight is 373 g/mol. The van der Waals surface area contributed by atoms with E-state index in [0.29, 0.717) is 33.0 Å². The van der Waals surface area contributed by atoms with E-state index >= 15 is 0 Å². The predicted octanol–water partition coefficient (Wildman–Crippen LogP) is 2.91. The number of aromatic amines is 1. The van der Waals surface area contributed by atoms with Gasteiger partial charge in [0, 0.05) is 16.6 Å². The van der Waals surface area contributed by atoms with Gasteiger partial charge in [-0.2, -0.15) is 5.10 Å². The molecule has 9 heteroatoms. The summed E-state index contributed by atoms with van der Waals surface area (Å²) >= 11 is 6.22. The van der Waals surface area contributed by atoms with E-state index in [1.54, 1.807) is 24.4 Å². The Balaban J connectivity index is 1.89. The first-order chi connectivity index (χ1) is 12.6. The number of benzene rings is 1. The van der Waals surface area contributed by atoms with E-state index in [1.807, 2.05) is 0 Å². The van der Waals surface area contributed by atoms with E-state index in [0.717, 1.165) is 25.9 Å². The Morgan fingerprint density at radius 2 is 2.08 bits per heavy atom. The third-order valence-corrected chi connectivity index (χ3v) is 4.84. The number of hydrogen-bond acceptors (Lipinski definition) is 5. The molecule has 8 nitrogen and oxygen atoms in total. The Bertz CT molecular complexity index is 953. The molecule has 0 saturated carbocycles. The minimum absolute atomic E-state index is 0.102. The zero-order valence-electron chi connectivity index (χ0n) is 13.8. The lowest BCUT2D eigenvalue weighted by atomic mass is 10.0. The second-order valence-corrected chi connectivity index (χ2v) is 6.59. The maximum Gasteiger partial charge on any atom is 0.412 e. The summed E-state index contributed by atoms with van der Waals surface area (Å²) in [6, 6.07) is 5.07. The zero-order valence-corrected chi connectivity index (χ0v) is 14.6. The van der Waals surface area contributed by atoms with Gasteiger partial charge in [0.05, 0.1) is 23.0 Å². The number of H-pyrrole nitrogens is 1. The van der Waals surface area contributed by atoms with Crippen molar-refractivity contribution in [3.05, 3.63) is 35.7 Å². The van der Waals surface area contributed by atoms with Crippen LogP contribution in [0.1, 0.15) is 12.8 Å². The smallest absolute Gasteiger partial charge is 0.412 e. The number of anilines is 1. The van der Waals surface area contributed by atoms with E-state index < -0.39 is 6.09 Å². The molecule has 3 N–H and O–H groups in total. The minimum Gasteiger partial charge on any atom is -0.465 e. The summed E-state index contributed by atoms with van der Waals surface area (Å²) in [5.41, 5.74) is 2.40. The minimum atomic E-state index is -0.988. The molecule has 0 spiro atoms. The molecule has 3 aromatic rings. The number of amides is 1. The number of nitrogens with one attached hydrogen (secondary N) is 2. The average Bonchev–Trinajstić information content (AvgIpc) is 3.12. The zero-order chi connectivity index (χ0) is 18.1. The summed E-state index contributed by atoms with van der Waals surface area (Å²) in [4.78, 5) is 22.1. The third-order valence-electron chi connectivity index (χ3n) is 4.60. The fraction of sp³-hybridized carbons (Fsp3) is 0.294. The van der Waals surface area contributed by atoms with Crippen molar-refractivity contribution in [2.24, 2.45) is 0 Å². The molecule has 2 aromatic heterocycles. The van der Waals surface area contributed by atoms with Gasteiger partial charge in [-0.15, -0.1) is 0 Å². The van der Waals surface area contributed by atoms with Gasteiger partial charge in [0.1, 0.15) is 6.33 Å². The van der Waals surface area contributed by atoms with Crippen LogP contribution in [0.15, 0.2) is 30.7 Å². The molecule has 0 unspecified atom stereocenters. The van der Waals surface area contributed by atoms with Crippen LogP contribution in [0.25, 0.3) is 22.3 Å². The molecule has 1 aromatic carbocycles. The largest absolute Gasteiger partial charge is 0.465 e. The van der Waals surface area contributed by atoms with Crippen LogP contribution in [-0.4, -0.2) is 50.5 Å². The maximum absolute atomic E-state index is 12.1. The molecule has 1 fully saturated rings. The number of carboxylic acid groups (broad SMARTS) is 1. The van der Waals surface area contributed by atoms with Crippen molar-refractivity contribution in [1.82, 2.24) is 25.5 Å². The Morgan fingerprint density at radius 3 is 2.85 bits per heavy atom. The van der Waals surface area contributed by atoms with Gasteiger partial charge in [-0.25, -0.2) is 14.8 Å². The van der Waals surface area contributed by atoms with Crippen molar-refractivity contribution in [2.75, 3.05) is 18.0 Å². The van der Waals surface area contributed by atoms with E-state index in [9.17, 15) is 9.90 Å².